The van der Waals surface area contributed by atoms with Crippen LogP contribution in [0.15, 0.2) is 18.4 Å². The summed E-state index contributed by atoms with van der Waals surface area (Å²) in [4.78, 5) is 48.9. The zero-order valence-electron chi connectivity index (χ0n) is 13.6. The van der Waals surface area contributed by atoms with Crippen molar-refractivity contribution in [2.75, 3.05) is 21.3 Å². The van der Waals surface area contributed by atoms with Crippen LogP contribution in [0.5, 0.6) is 0 Å². The molecule has 0 unspecified atom stereocenters. The summed E-state index contributed by atoms with van der Waals surface area (Å²) in [5.41, 5.74) is -0.679. The van der Waals surface area contributed by atoms with Crippen molar-refractivity contribution in [3.05, 3.63) is 40.9 Å². The summed E-state index contributed by atoms with van der Waals surface area (Å²) < 4.78 is 15.5. The number of ether oxygens (including phenoxy) is 3. The molecule has 8 nitrogen and oxygen atoms in total. The molecule has 126 valence electrons. The smallest absolute Gasteiger partial charge is 0.340 e. The fourth-order valence-corrected chi connectivity index (χ4v) is 2.60. The summed E-state index contributed by atoms with van der Waals surface area (Å²) in [5.74, 6) is -3.10. The van der Waals surface area contributed by atoms with Gasteiger partial charge in [-0.05, 0) is 0 Å². The molecule has 1 aliphatic rings. The number of ketones is 2. The standard InChI is InChI=1S/C16H15NO7/c1-7(15(20)23-4)12-11(16(21)24-5)10-13(17(12)2)8(18)6-9(22-3)14(10)19/h6H,1H2,2-5H3. The average Bonchev–Trinajstić information content (AvgIpc) is 2.89. The van der Waals surface area contributed by atoms with Gasteiger partial charge in [0.1, 0.15) is 5.69 Å². The van der Waals surface area contributed by atoms with Crippen molar-refractivity contribution in [1.82, 2.24) is 4.57 Å². The van der Waals surface area contributed by atoms with Gasteiger partial charge in [-0.3, -0.25) is 9.59 Å². The highest BCUT2D eigenvalue weighted by atomic mass is 16.5. The SMILES string of the molecule is C=C(C(=O)OC)c1c(C(=O)OC)c2c(n1C)C(=O)C=C(OC)C2=O. The first-order valence-electron chi connectivity index (χ1n) is 6.73. The second-order valence-corrected chi connectivity index (χ2v) is 4.87. The third-order valence-electron chi connectivity index (χ3n) is 3.67. The molecule has 0 saturated heterocycles. The number of hydrogen-bond acceptors (Lipinski definition) is 7. The van der Waals surface area contributed by atoms with Gasteiger partial charge in [-0.15, -0.1) is 0 Å². The third-order valence-corrected chi connectivity index (χ3v) is 3.67. The number of allylic oxidation sites excluding steroid dienone is 2. The molecule has 0 saturated carbocycles. The van der Waals surface area contributed by atoms with Gasteiger partial charge in [0.05, 0.1) is 43.7 Å². The Hall–Kier alpha value is -3.16. The summed E-state index contributed by atoms with van der Waals surface area (Å²) in [5, 5.41) is 0. The van der Waals surface area contributed by atoms with Crippen LogP contribution in [0.2, 0.25) is 0 Å². The Morgan fingerprint density at radius 2 is 1.75 bits per heavy atom. The zero-order valence-corrected chi connectivity index (χ0v) is 13.6. The Morgan fingerprint density at radius 3 is 2.25 bits per heavy atom. The molecule has 1 aromatic rings. The number of Topliss-reactive ketones (excluding diaryl/α,β-unsaturated/α-hetero) is 1. The van der Waals surface area contributed by atoms with Gasteiger partial charge in [0.2, 0.25) is 11.6 Å². The van der Waals surface area contributed by atoms with Crippen molar-refractivity contribution in [3.8, 4) is 0 Å². The minimum atomic E-state index is -0.884. The number of nitrogens with zero attached hydrogens (tertiary/aromatic N) is 1. The summed E-state index contributed by atoms with van der Waals surface area (Å²) in [6.07, 6.45) is 1.02. The topological polar surface area (TPSA) is 101 Å². The van der Waals surface area contributed by atoms with Gasteiger partial charge in [0.25, 0.3) is 0 Å². The fourth-order valence-electron chi connectivity index (χ4n) is 2.60. The van der Waals surface area contributed by atoms with Crippen molar-refractivity contribution in [2.45, 2.75) is 0 Å². The van der Waals surface area contributed by atoms with Crippen LogP contribution >= 0.6 is 0 Å². The Morgan fingerprint density at radius 1 is 1.12 bits per heavy atom. The number of carbonyl (C=O) groups is 4. The van der Waals surface area contributed by atoms with Crippen LogP contribution in [0.1, 0.15) is 36.9 Å². The lowest BCUT2D eigenvalue weighted by Crippen LogP contribution is -2.21. The number of rotatable bonds is 4. The normalized spacial score (nSPS) is 13.1. The quantitative estimate of drug-likeness (QED) is 0.596. The van der Waals surface area contributed by atoms with Gasteiger partial charge in [-0.25, -0.2) is 9.59 Å². The molecule has 1 aliphatic carbocycles. The molecule has 1 aromatic heterocycles. The Kier molecular flexibility index (Phi) is 4.41. The van der Waals surface area contributed by atoms with Crippen molar-refractivity contribution < 1.29 is 33.4 Å². The maximum absolute atomic E-state index is 12.5. The average molecular weight is 333 g/mol. The maximum atomic E-state index is 12.5. The molecule has 0 spiro atoms. The lowest BCUT2D eigenvalue weighted by atomic mass is 9.95. The molecule has 1 heterocycles. The largest absolute Gasteiger partial charge is 0.492 e. The number of aromatic nitrogens is 1. The second kappa shape index (κ2) is 6.15. The van der Waals surface area contributed by atoms with E-state index >= 15 is 0 Å². The Labute approximate surface area is 137 Å². The Bertz CT molecular complexity index is 826. The molecule has 0 atom stereocenters. The van der Waals surface area contributed by atoms with E-state index in [0.29, 0.717) is 0 Å². The molecule has 0 N–H and O–H groups in total. The first-order chi connectivity index (χ1) is 11.3. The fraction of sp³-hybridized carbons (Fsp3) is 0.250. The number of fused-ring (bicyclic) bond motifs is 1. The Balaban J connectivity index is 2.86. The van der Waals surface area contributed by atoms with Crippen molar-refractivity contribution in [1.29, 1.82) is 0 Å². The molecule has 0 bridgehead atoms. The molecular weight excluding hydrogens is 318 g/mol. The van der Waals surface area contributed by atoms with Gasteiger partial charge >= 0.3 is 11.9 Å². The van der Waals surface area contributed by atoms with E-state index in [-0.39, 0.29) is 33.8 Å². The molecule has 24 heavy (non-hydrogen) atoms. The van der Waals surface area contributed by atoms with Gasteiger partial charge < -0.3 is 18.8 Å². The maximum Gasteiger partial charge on any atom is 0.340 e. The predicted octanol–water partition coefficient (Wildman–Crippen LogP) is 0.907. The van der Waals surface area contributed by atoms with Crippen LogP contribution < -0.4 is 0 Å². The first kappa shape index (κ1) is 17.2. The van der Waals surface area contributed by atoms with E-state index in [1.165, 1.54) is 18.7 Å². The summed E-state index contributed by atoms with van der Waals surface area (Å²) in [7, 11) is 4.94. The molecule has 0 amide bonds. The zero-order chi connectivity index (χ0) is 18.2. The highest BCUT2D eigenvalue weighted by molar-refractivity contribution is 6.29. The molecule has 0 radical (unpaired) electrons. The monoisotopic (exact) mass is 333 g/mol. The van der Waals surface area contributed by atoms with E-state index in [4.69, 9.17) is 9.47 Å². The van der Waals surface area contributed by atoms with E-state index in [9.17, 15) is 19.2 Å². The van der Waals surface area contributed by atoms with Crippen LogP contribution in [-0.2, 0) is 26.1 Å². The highest BCUT2D eigenvalue weighted by Gasteiger charge is 2.39. The number of methoxy groups -OCH3 is 3. The lowest BCUT2D eigenvalue weighted by Gasteiger charge is -2.12. The van der Waals surface area contributed by atoms with Crippen molar-refractivity contribution in [2.24, 2.45) is 7.05 Å². The molecule has 0 aliphatic heterocycles. The minimum absolute atomic E-state index is 0.0221. The molecule has 0 fully saturated rings. The van der Waals surface area contributed by atoms with Crippen LogP contribution in [0, 0.1) is 0 Å². The summed E-state index contributed by atoms with van der Waals surface area (Å²) in [6, 6.07) is 0. The number of hydrogen-bond donors (Lipinski definition) is 0. The number of carbonyl (C=O) groups excluding carboxylic acids is 4. The summed E-state index contributed by atoms with van der Waals surface area (Å²) in [6.45, 7) is 3.59. The van der Waals surface area contributed by atoms with E-state index in [2.05, 4.69) is 11.3 Å². The van der Waals surface area contributed by atoms with Crippen molar-refractivity contribution >= 4 is 29.1 Å². The lowest BCUT2D eigenvalue weighted by molar-refractivity contribution is -0.133. The van der Waals surface area contributed by atoms with Gasteiger partial charge in [-0.2, -0.15) is 0 Å². The van der Waals surface area contributed by atoms with Gasteiger partial charge in [0.15, 0.2) is 5.76 Å². The first-order valence-corrected chi connectivity index (χ1v) is 6.73. The predicted molar refractivity (Wildman–Crippen MR) is 81.6 cm³/mol. The van der Waals surface area contributed by atoms with E-state index in [1.807, 2.05) is 0 Å². The van der Waals surface area contributed by atoms with Crippen molar-refractivity contribution in [3.63, 3.8) is 0 Å². The molecular formula is C16H15NO7. The van der Waals surface area contributed by atoms with Crippen LogP contribution in [0.3, 0.4) is 0 Å². The van der Waals surface area contributed by atoms with Gasteiger partial charge in [-0.1, -0.05) is 6.58 Å². The summed E-state index contributed by atoms with van der Waals surface area (Å²) >= 11 is 0. The molecule has 0 aromatic carbocycles. The third kappa shape index (κ3) is 2.32. The highest BCUT2D eigenvalue weighted by Crippen LogP contribution is 2.33. The van der Waals surface area contributed by atoms with E-state index in [0.717, 1.165) is 20.3 Å². The van der Waals surface area contributed by atoms with Crippen LogP contribution in [0.4, 0.5) is 0 Å². The van der Waals surface area contributed by atoms with E-state index < -0.39 is 23.5 Å². The van der Waals surface area contributed by atoms with Crippen LogP contribution in [0.25, 0.3) is 5.57 Å². The molecule has 2 rings (SSSR count). The molecule has 8 heteroatoms. The van der Waals surface area contributed by atoms with Crippen LogP contribution in [-0.4, -0.2) is 49.4 Å². The number of esters is 2. The van der Waals surface area contributed by atoms with E-state index in [1.54, 1.807) is 0 Å². The van der Waals surface area contributed by atoms with Gasteiger partial charge in [0, 0.05) is 13.1 Å². The second-order valence-electron chi connectivity index (χ2n) is 4.87. The minimum Gasteiger partial charge on any atom is -0.492 e.